The van der Waals surface area contributed by atoms with Crippen molar-refractivity contribution < 1.29 is 8.42 Å². The van der Waals surface area contributed by atoms with Gasteiger partial charge in [-0.1, -0.05) is 24.3 Å². The van der Waals surface area contributed by atoms with Crippen molar-refractivity contribution in [3.8, 4) is 0 Å². The Morgan fingerprint density at radius 1 is 1.35 bits per heavy atom. The van der Waals surface area contributed by atoms with Gasteiger partial charge in [-0.25, -0.2) is 8.42 Å². The Morgan fingerprint density at radius 3 is 2.65 bits per heavy atom. The summed E-state index contributed by atoms with van der Waals surface area (Å²) in [6, 6.07) is 7.36. The lowest BCUT2D eigenvalue weighted by molar-refractivity contribution is 0.595. The van der Waals surface area contributed by atoms with Crippen LogP contribution in [0.1, 0.15) is 11.1 Å². The van der Waals surface area contributed by atoms with E-state index in [1.807, 2.05) is 25.1 Å². The lowest BCUT2D eigenvalue weighted by atomic mass is 10.1. The number of aromatic amines is 1. The summed E-state index contributed by atoms with van der Waals surface area (Å²) in [6.07, 6.45) is 1.24. The van der Waals surface area contributed by atoms with Gasteiger partial charge in [-0.3, -0.25) is 5.10 Å². The van der Waals surface area contributed by atoms with Crippen LogP contribution in [0.25, 0.3) is 0 Å². The van der Waals surface area contributed by atoms with Gasteiger partial charge in [0, 0.05) is 0 Å². The van der Waals surface area contributed by atoms with Crippen molar-refractivity contribution in [1.82, 2.24) is 10.2 Å². The fourth-order valence-electron chi connectivity index (χ4n) is 1.59. The minimum absolute atomic E-state index is 0.0563. The predicted octanol–water partition coefficient (Wildman–Crippen LogP) is 1.27. The molecule has 17 heavy (non-hydrogen) atoms. The maximum absolute atomic E-state index is 12.1. The Hall–Kier alpha value is -1.82. The van der Waals surface area contributed by atoms with E-state index in [1.165, 1.54) is 6.20 Å². The summed E-state index contributed by atoms with van der Waals surface area (Å²) in [5.74, 6) is 0.0160. The highest BCUT2D eigenvalue weighted by atomic mass is 32.2. The number of nitrogens with zero attached hydrogens (tertiary/aromatic N) is 1. The molecular formula is C11H13N3O2S. The van der Waals surface area contributed by atoms with Crippen LogP contribution in [0.5, 0.6) is 0 Å². The van der Waals surface area contributed by atoms with Gasteiger partial charge < -0.3 is 5.73 Å². The normalized spacial score (nSPS) is 11.6. The number of nitrogens with one attached hydrogen (secondary N) is 1. The lowest BCUT2D eigenvalue weighted by Gasteiger charge is -2.06. The van der Waals surface area contributed by atoms with Gasteiger partial charge in [-0.05, 0) is 18.1 Å². The fourth-order valence-corrected chi connectivity index (χ4v) is 3.07. The van der Waals surface area contributed by atoms with Gasteiger partial charge in [0.15, 0.2) is 9.84 Å². The van der Waals surface area contributed by atoms with E-state index in [0.29, 0.717) is 0 Å². The maximum Gasteiger partial charge on any atom is 0.187 e. The minimum Gasteiger partial charge on any atom is -0.383 e. The molecule has 1 aromatic heterocycles. The van der Waals surface area contributed by atoms with Crippen LogP contribution in [0.3, 0.4) is 0 Å². The zero-order chi connectivity index (χ0) is 12.5. The molecule has 0 saturated carbocycles. The van der Waals surface area contributed by atoms with Crippen molar-refractivity contribution >= 4 is 15.7 Å². The number of nitrogens with two attached hydrogens (primary N) is 1. The first-order valence-corrected chi connectivity index (χ1v) is 6.72. The predicted molar refractivity (Wildman–Crippen MR) is 65.1 cm³/mol. The molecule has 3 N–H and O–H groups in total. The molecule has 0 atom stereocenters. The van der Waals surface area contributed by atoms with Crippen LogP contribution in [0.4, 0.5) is 5.82 Å². The fraction of sp³-hybridized carbons (Fsp3) is 0.182. The highest BCUT2D eigenvalue weighted by Gasteiger charge is 2.20. The van der Waals surface area contributed by atoms with Crippen molar-refractivity contribution in [2.75, 3.05) is 5.73 Å². The molecule has 1 heterocycles. The molecule has 2 rings (SSSR count). The van der Waals surface area contributed by atoms with E-state index < -0.39 is 9.84 Å². The van der Waals surface area contributed by atoms with Gasteiger partial charge in [0.2, 0.25) is 0 Å². The number of H-pyrrole nitrogens is 1. The summed E-state index contributed by atoms with van der Waals surface area (Å²) in [4.78, 5) is 0.0563. The highest BCUT2D eigenvalue weighted by Crippen LogP contribution is 2.21. The molecule has 90 valence electrons. The molecule has 0 radical (unpaired) electrons. The Bertz CT molecular complexity index is 632. The summed E-state index contributed by atoms with van der Waals surface area (Å²) >= 11 is 0. The topological polar surface area (TPSA) is 88.8 Å². The third-order valence-electron chi connectivity index (χ3n) is 2.57. The zero-order valence-corrected chi connectivity index (χ0v) is 10.2. The second-order valence-corrected chi connectivity index (χ2v) is 5.79. The Balaban J connectivity index is 2.37. The molecule has 2 aromatic rings. The number of benzene rings is 1. The van der Waals surface area contributed by atoms with Crippen LogP contribution >= 0.6 is 0 Å². The van der Waals surface area contributed by atoms with Crippen LogP contribution in [0.2, 0.25) is 0 Å². The first kappa shape index (κ1) is 11.7. The largest absolute Gasteiger partial charge is 0.383 e. The molecule has 0 saturated heterocycles. The van der Waals surface area contributed by atoms with E-state index in [-0.39, 0.29) is 16.5 Å². The van der Waals surface area contributed by atoms with E-state index in [2.05, 4.69) is 10.2 Å². The maximum atomic E-state index is 12.1. The molecule has 0 spiro atoms. The average molecular weight is 251 g/mol. The average Bonchev–Trinajstić information content (AvgIpc) is 2.68. The molecule has 0 aliphatic carbocycles. The molecule has 0 bridgehead atoms. The number of anilines is 1. The summed E-state index contributed by atoms with van der Waals surface area (Å²) in [6.45, 7) is 1.88. The number of aryl methyl sites for hydroxylation is 1. The number of hydrogen-bond donors (Lipinski definition) is 2. The monoisotopic (exact) mass is 251 g/mol. The zero-order valence-electron chi connectivity index (χ0n) is 9.34. The first-order chi connectivity index (χ1) is 8.00. The first-order valence-electron chi connectivity index (χ1n) is 5.07. The number of nitrogen functional groups attached to an aromatic ring is 1. The van der Waals surface area contributed by atoms with Crippen molar-refractivity contribution in [2.45, 2.75) is 17.6 Å². The molecule has 0 fully saturated rings. The molecule has 0 unspecified atom stereocenters. The van der Waals surface area contributed by atoms with Gasteiger partial charge in [0.1, 0.15) is 10.7 Å². The Morgan fingerprint density at radius 2 is 2.06 bits per heavy atom. The van der Waals surface area contributed by atoms with Gasteiger partial charge in [-0.15, -0.1) is 0 Å². The van der Waals surface area contributed by atoms with E-state index in [9.17, 15) is 8.42 Å². The van der Waals surface area contributed by atoms with Gasteiger partial charge >= 0.3 is 0 Å². The second kappa shape index (κ2) is 4.21. The van der Waals surface area contributed by atoms with Crippen molar-refractivity contribution in [3.63, 3.8) is 0 Å². The summed E-state index contributed by atoms with van der Waals surface area (Å²) in [5.41, 5.74) is 7.24. The van der Waals surface area contributed by atoms with Crippen LogP contribution in [-0.2, 0) is 15.6 Å². The van der Waals surface area contributed by atoms with Crippen molar-refractivity contribution in [2.24, 2.45) is 0 Å². The smallest absolute Gasteiger partial charge is 0.187 e. The van der Waals surface area contributed by atoms with Gasteiger partial charge in [0.05, 0.1) is 11.9 Å². The molecule has 5 nitrogen and oxygen atoms in total. The highest BCUT2D eigenvalue weighted by molar-refractivity contribution is 7.90. The molecule has 0 aliphatic heterocycles. The van der Waals surface area contributed by atoms with E-state index in [1.54, 1.807) is 6.07 Å². The van der Waals surface area contributed by atoms with Gasteiger partial charge in [0.25, 0.3) is 0 Å². The van der Waals surface area contributed by atoms with Crippen LogP contribution < -0.4 is 5.73 Å². The molecule has 0 amide bonds. The third kappa shape index (κ3) is 2.31. The SMILES string of the molecule is Cc1ccccc1CS(=O)(=O)c1cn[nH]c1N. The standard InChI is InChI=1S/C11H13N3O2S/c1-8-4-2-3-5-9(8)7-17(15,16)10-6-13-14-11(10)12/h2-6H,7H2,1H3,(H3,12,13,14). The quantitative estimate of drug-likeness (QED) is 0.859. The van der Waals surface area contributed by atoms with E-state index in [4.69, 9.17) is 5.73 Å². The number of rotatable bonds is 3. The van der Waals surface area contributed by atoms with Crippen molar-refractivity contribution in [1.29, 1.82) is 0 Å². The Labute approximate surface area is 99.6 Å². The van der Waals surface area contributed by atoms with Crippen LogP contribution in [-0.4, -0.2) is 18.6 Å². The van der Waals surface area contributed by atoms with Crippen molar-refractivity contribution in [3.05, 3.63) is 41.6 Å². The van der Waals surface area contributed by atoms with Crippen LogP contribution in [0.15, 0.2) is 35.4 Å². The van der Waals surface area contributed by atoms with Crippen LogP contribution in [0, 0.1) is 6.92 Å². The second-order valence-electron chi connectivity index (χ2n) is 3.83. The minimum atomic E-state index is -3.44. The summed E-state index contributed by atoms with van der Waals surface area (Å²) in [7, 11) is -3.44. The van der Waals surface area contributed by atoms with Gasteiger partial charge in [-0.2, -0.15) is 5.10 Å². The van der Waals surface area contributed by atoms with E-state index >= 15 is 0 Å². The summed E-state index contributed by atoms with van der Waals surface area (Å²) < 4.78 is 24.2. The number of aromatic nitrogens is 2. The lowest BCUT2D eigenvalue weighted by Crippen LogP contribution is -2.07. The third-order valence-corrected chi connectivity index (χ3v) is 4.26. The summed E-state index contributed by atoms with van der Waals surface area (Å²) in [5, 5.41) is 6.05. The Kier molecular flexibility index (Phi) is 2.89. The molecule has 0 aliphatic rings. The number of hydrogen-bond acceptors (Lipinski definition) is 4. The molecule has 1 aromatic carbocycles. The molecule has 6 heteroatoms. The van der Waals surface area contributed by atoms with E-state index in [0.717, 1.165) is 11.1 Å². The number of sulfone groups is 1. The molecular weight excluding hydrogens is 238 g/mol.